The minimum absolute atomic E-state index is 0.495. The van der Waals surface area contributed by atoms with Crippen LogP contribution in [0.25, 0.3) is 6.08 Å². The number of aromatic nitrogens is 2. The molecule has 0 bridgehead atoms. The number of imidazole rings is 1. The number of ether oxygens (including phenoxy) is 1. The summed E-state index contributed by atoms with van der Waals surface area (Å²) in [5.74, 6) is -0.263. The maximum atomic E-state index is 10.6. The van der Waals surface area contributed by atoms with Crippen LogP contribution in [0.3, 0.4) is 0 Å². The van der Waals surface area contributed by atoms with Gasteiger partial charge in [0.1, 0.15) is 12.4 Å². The summed E-state index contributed by atoms with van der Waals surface area (Å²) in [4.78, 5) is 14.6. The lowest BCUT2D eigenvalue weighted by molar-refractivity contribution is -0.131. The highest BCUT2D eigenvalue weighted by Gasteiger charge is 2.05. The van der Waals surface area contributed by atoms with Crippen molar-refractivity contribution in [2.45, 2.75) is 13.5 Å². The Kier molecular flexibility index (Phi) is 4.55. The largest absolute Gasteiger partial charge is 0.491 e. The van der Waals surface area contributed by atoms with Crippen LogP contribution in [0.5, 0.6) is 5.75 Å². The van der Waals surface area contributed by atoms with Crippen molar-refractivity contribution in [1.29, 1.82) is 0 Å². The summed E-state index contributed by atoms with van der Waals surface area (Å²) in [6.07, 6.45) is 7.97. The Morgan fingerprint density at radius 1 is 1.50 bits per heavy atom. The van der Waals surface area contributed by atoms with Crippen LogP contribution in [0, 0.1) is 6.92 Å². The molecule has 1 aromatic heterocycles. The number of carboxylic acid groups (broad SMARTS) is 1. The van der Waals surface area contributed by atoms with Crippen LogP contribution in [0.2, 0.25) is 0 Å². The van der Waals surface area contributed by atoms with Crippen LogP contribution in [0.15, 0.2) is 43.0 Å². The first kappa shape index (κ1) is 13.9. The monoisotopic (exact) mass is 272 g/mol. The van der Waals surface area contributed by atoms with Gasteiger partial charge in [0.15, 0.2) is 0 Å². The second-order valence-electron chi connectivity index (χ2n) is 4.31. The Balaban J connectivity index is 2.07. The van der Waals surface area contributed by atoms with E-state index < -0.39 is 5.97 Å². The highest BCUT2D eigenvalue weighted by Crippen LogP contribution is 2.24. The molecule has 1 heterocycles. The van der Waals surface area contributed by atoms with E-state index in [1.54, 1.807) is 18.6 Å². The molecular weight excluding hydrogens is 256 g/mol. The van der Waals surface area contributed by atoms with Crippen molar-refractivity contribution < 1.29 is 14.6 Å². The number of aliphatic carboxylic acids is 1. The van der Waals surface area contributed by atoms with Crippen LogP contribution in [0.1, 0.15) is 11.1 Å². The second kappa shape index (κ2) is 6.56. The number of para-hydroxylation sites is 1. The maximum absolute atomic E-state index is 10.6. The highest BCUT2D eigenvalue weighted by atomic mass is 16.5. The van der Waals surface area contributed by atoms with Gasteiger partial charge in [0.2, 0.25) is 0 Å². The molecule has 0 spiro atoms. The Morgan fingerprint density at radius 3 is 3.05 bits per heavy atom. The van der Waals surface area contributed by atoms with Gasteiger partial charge in [-0.3, -0.25) is 0 Å². The fourth-order valence-corrected chi connectivity index (χ4v) is 1.84. The average Bonchev–Trinajstić information content (AvgIpc) is 2.92. The van der Waals surface area contributed by atoms with Gasteiger partial charge in [-0.15, -0.1) is 0 Å². The van der Waals surface area contributed by atoms with E-state index in [2.05, 4.69) is 4.98 Å². The molecule has 0 aliphatic carbocycles. The molecule has 2 aromatic rings. The molecule has 0 fully saturated rings. The minimum atomic E-state index is -0.976. The first-order valence-electron chi connectivity index (χ1n) is 6.26. The van der Waals surface area contributed by atoms with Crippen LogP contribution < -0.4 is 4.74 Å². The third-order valence-electron chi connectivity index (χ3n) is 2.80. The predicted octanol–water partition coefficient (Wildman–Crippen LogP) is 2.37. The van der Waals surface area contributed by atoms with Crippen LogP contribution in [-0.4, -0.2) is 27.2 Å². The summed E-state index contributed by atoms with van der Waals surface area (Å²) in [5, 5.41) is 8.70. The highest BCUT2D eigenvalue weighted by molar-refractivity contribution is 5.86. The lowest BCUT2D eigenvalue weighted by Gasteiger charge is -2.12. The van der Waals surface area contributed by atoms with Crippen LogP contribution in [0.4, 0.5) is 0 Å². The van der Waals surface area contributed by atoms with Crippen molar-refractivity contribution >= 4 is 12.0 Å². The van der Waals surface area contributed by atoms with Gasteiger partial charge >= 0.3 is 5.97 Å². The number of rotatable bonds is 6. The molecule has 1 aromatic carbocycles. The zero-order chi connectivity index (χ0) is 14.4. The Morgan fingerprint density at radius 2 is 2.35 bits per heavy atom. The van der Waals surface area contributed by atoms with E-state index in [1.165, 1.54) is 0 Å². The fraction of sp³-hybridized carbons (Fsp3) is 0.200. The molecule has 104 valence electrons. The number of carbonyl (C=O) groups is 1. The van der Waals surface area contributed by atoms with Gasteiger partial charge in [0, 0.05) is 24.0 Å². The number of hydrogen-bond acceptors (Lipinski definition) is 3. The molecule has 0 aliphatic rings. The normalized spacial score (nSPS) is 10.8. The molecule has 0 unspecified atom stereocenters. The van der Waals surface area contributed by atoms with Gasteiger partial charge in [0.05, 0.1) is 12.9 Å². The number of benzene rings is 1. The molecule has 2 rings (SSSR count). The number of aryl methyl sites for hydroxylation is 1. The van der Waals surface area contributed by atoms with Crippen molar-refractivity contribution in [3.8, 4) is 5.75 Å². The summed E-state index contributed by atoms with van der Waals surface area (Å²) in [5.41, 5.74) is 1.74. The SMILES string of the molecule is Cc1cccc(/C=C/C(=O)O)c1OCCn1ccnc1. The molecule has 1 N–H and O–H groups in total. The molecule has 0 radical (unpaired) electrons. The van der Waals surface area contributed by atoms with E-state index >= 15 is 0 Å². The minimum Gasteiger partial charge on any atom is -0.491 e. The van der Waals surface area contributed by atoms with E-state index in [0.717, 1.165) is 17.2 Å². The van der Waals surface area contributed by atoms with E-state index in [9.17, 15) is 4.79 Å². The first-order valence-corrected chi connectivity index (χ1v) is 6.26. The second-order valence-corrected chi connectivity index (χ2v) is 4.31. The molecular formula is C15H16N2O3. The summed E-state index contributed by atoms with van der Waals surface area (Å²) >= 11 is 0. The molecule has 0 amide bonds. The van der Waals surface area contributed by atoms with Crippen molar-refractivity contribution in [3.63, 3.8) is 0 Å². The maximum Gasteiger partial charge on any atom is 0.328 e. The fourth-order valence-electron chi connectivity index (χ4n) is 1.84. The molecule has 0 atom stereocenters. The average molecular weight is 272 g/mol. The molecule has 0 saturated heterocycles. The van der Waals surface area contributed by atoms with E-state index in [-0.39, 0.29) is 0 Å². The third kappa shape index (κ3) is 3.71. The van der Waals surface area contributed by atoms with Gasteiger partial charge in [0.25, 0.3) is 0 Å². The van der Waals surface area contributed by atoms with Crippen molar-refractivity contribution in [1.82, 2.24) is 9.55 Å². The molecule has 5 heteroatoms. The summed E-state index contributed by atoms with van der Waals surface area (Å²) in [7, 11) is 0. The van der Waals surface area contributed by atoms with E-state index in [0.29, 0.717) is 18.9 Å². The molecule has 20 heavy (non-hydrogen) atoms. The Hall–Kier alpha value is -2.56. The van der Waals surface area contributed by atoms with Gasteiger partial charge in [-0.25, -0.2) is 9.78 Å². The van der Waals surface area contributed by atoms with Crippen molar-refractivity contribution in [3.05, 3.63) is 54.1 Å². The Bertz CT molecular complexity index is 604. The van der Waals surface area contributed by atoms with E-state index in [1.807, 2.05) is 35.9 Å². The van der Waals surface area contributed by atoms with Crippen molar-refractivity contribution in [2.75, 3.05) is 6.61 Å². The lowest BCUT2D eigenvalue weighted by Crippen LogP contribution is -2.08. The van der Waals surface area contributed by atoms with Gasteiger partial charge in [-0.1, -0.05) is 18.2 Å². The van der Waals surface area contributed by atoms with Crippen LogP contribution in [-0.2, 0) is 11.3 Å². The van der Waals surface area contributed by atoms with Gasteiger partial charge in [-0.05, 0) is 18.6 Å². The number of nitrogens with zero attached hydrogens (tertiary/aromatic N) is 2. The summed E-state index contributed by atoms with van der Waals surface area (Å²) in [6, 6.07) is 5.64. The van der Waals surface area contributed by atoms with Crippen LogP contribution >= 0.6 is 0 Å². The standard InChI is InChI=1S/C15H16N2O3/c1-12-3-2-4-13(5-6-14(18)19)15(12)20-10-9-17-8-7-16-11-17/h2-8,11H,9-10H2,1H3,(H,18,19)/b6-5+. The number of carboxylic acids is 1. The van der Waals surface area contributed by atoms with Gasteiger partial charge < -0.3 is 14.4 Å². The first-order chi connectivity index (χ1) is 9.66. The topological polar surface area (TPSA) is 64.3 Å². The summed E-state index contributed by atoms with van der Waals surface area (Å²) < 4.78 is 7.70. The Labute approximate surface area is 117 Å². The number of hydrogen-bond donors (Lipinski definition) is 1. The molecule has 0 aliphatic heterocycles. The predicted molar refractivity (Wildman–Crippen MR) is 75.6 cm³/mol. The zero-order valence-corrected chi connectivity index (χ0v) is 11.2. The lowest BCUT2D eigenvalue weighted by atomic mass is 10.1. The van der Waals surface area contributed by atoms with Gasteiger partial charge in [-0.2, -0.15) is 0 Å². The quantitative estimate of drug-likeness (QED) is 0.820. The zero-order valence-electron chi connectivity index (χ0n) is 11.2. The molecule has 0 saturated carbocycles. The summed E-state index contributed by atoms with van der Waals surface area (Å²) in [6.45, 7) is 3.12. The third-order valence-corrected chi connectivity index (χ3v) is 2.80. The van der Waals surface area contributed by atoms with E-state index in [4.69, 9.17) is 9.84 Å². The molecule has 5 nitrogen and oxygen atoms in total. The smallest absolute Gasteiger partial charge is 0.328 e. The van der Waals surface area contributed by atoms with Crippen molar-refractivity contribution in [2.24, 2.45) is 0 Å².